The number of aryl methyl sites for hydroxylation is 2. The van der Waals surface area contributed by atoms with Gasteiger partial charge in [-0.1, -0.05) is 23.3 Å². The number of allylic oxidation sites excluding steroid dienone is 2. The maximum atomic E-state index is 15.1. The van der Waals surface area contributed by atoms with Gasteiger partial charge in [0.25, 0.3) is 0 Å². The van der Waals surface area contributed by atoms with Crippen molar-refractivity contribution in [2.24, 2.45) is 36.1 Å². The molecule has 54 heavy (non-hydrogen) atoms. The Balaban J connectivity index is 1.27. The molecule has 3 fully saturated rings. The molecule has 4 aliphatic rings. The summed E-state index contributed by atoms with van der Waals surface area (Å²) in [4.78, 5) is 72.1. The first-order valence-corrected chi connectivity index (χ1v) is 18.7. The number of rotatable bonds is 8. The lowest BCUT2D eigenvalue weighted by molar-refractivity contribution is -0.142. The molecule has 2 aromatic heterocycles. The Morgan fingerprint density at radius 3 is 2.52 bits per heavy atom. The fraction of sp³-hybridized carbons (Fsp3) is 0.385. The lowest BCUT2D eigenvalue weighted by atomic mass is 9.51. The second kappa shape index (κ2) is 12.7. The fourth-order valence-electron chi connectivity index (χ4n) is 9.41. The lowest BCUT2D eigenvalue weighted by Gasteiger charge is -2.49. The van der Waals surface area contributed by atoms with Crippen LogP contribution in [-0.2, 0) is 31.0 Å². The van der Waals surface area contributed by atoms with E-state index >= 15 is 4.79 Å². The molecule has 6 atom stereocenters. The van der Waals surface area contributed by atoms with Crippen LogP contribution in [0.3, 0.4) is 0 Å². The van der Waals surface area contributed by atoms with E-state index in [4.69, 9.17) is 26.2 Å². The number of likely N-dealkylation sites (tertiary alicyclic amines) is 1. The van der Waals surface area contributed by atoms with Crippen molar-refractivity contribution < 1.29 is 43.7 Å². The number of ether oxygens (including phenoxy) is 2. The maximum Gasteiger partial charge on any atom is 0.305 e. The van der Waals surface area contributed by atoms with Gasteiger partial charge in [0.15, 0.2) is 0 Å². The summed E-state index contributed by atoms with van der Waals surface area (Å²) in [6.45, 7) is 3.42. The number of carbonyl (C=O) groups is 5. The van der Waals surface area contributed by atoms with E-state index in [1.54, 1.807) is 26.1 Å². The number of nitrogens with zero attached hydrogens (tertiary/aromatic N) is 4. The third-order valence-electron chi connectivity index (χ3n) is 12.0. The molecule has 15 heteroatoms. The predicted molar refractivity (Wildman–Crippen MR) is 199 cm³/mol. The van der Waals surface area contributed by atoms with Crippen molar-refractivity contribution >= 4 is 68.4 Å². The number of halogens is 1. The number of aliphatic carboxylic acids is 1. The zero-order chi connectivity index (χ0) is 38.5. The highest BCUT2D eigenvalue weighted by atomic mass is 35.5. The van der Waals surface area contributed by atoms with Crippen molar-refractivity contribution in [3.8, 4) is 27.8 Å². The van der Waals surface area contributed by atoms with Crippen molar-refractivity contribution in [2.45, 2.75) is 39.0 Å². The number of carboxylic acids is 1. The summed E-state index contributed by atoms with van der Waals surface area (Å²) in [7, 11) is 4.54. The number of aromatic nitrogens is 2. The van der Waals surface area contributed by atoms with Gasteiger partial charge in [0.05, 0.1) is 48.7 Å². The fourth-order valence-corrected chi connectivity index (χ4v) is 10.7. The Bertz CT molecular complexity index is 2370. The van der Waals surface area contributed by atoms with Gasteiger partial charge in [-0.25, -0.2) is 4.90 Å². The largest absolute Gasteiger partial charge is 0.507 e. The van der Waals surface area contributed by atoms with E-state index < -0.39 is 71.0 Å². The van der Waals surface area contributed by atoms with Gasteiger partial charge in [-0.15, -0.1) is 11.3 Å². The lowest BCUT2D eigenvalue weighted by Crippen LogP contribution is -2.49. The second-order valence-electron chi connectivity index (χ2n) is 14.6. The molecular weight excluding hydrogens is 736 g/mol. The standard InChI is InChI=1S/C39H37ClN4O9S/c1-17-22-12-18(40)6-9-28(22)54-34(17)25-16-29(42(3)41-25)44-36(49)24-15-23-20(7-8-21-31(23)37(50)43(35(21)48)11-10-30(46)47)33(39(24,2)38(44)51)32-26(45)13-19(52-4)14-27(32)53-5/h6-7,9,12-14,16,21,23-24,31,33,45H,8,10-11,15H2,1-5H3,(H,46,47). The molecule has 4 amide bonds. The molecule has 2 aromatic carbocycles. The van der Waals surface area contributed by atoms with Crippen LogP contribution in [0.5, 0.6) is 17.2 Å². The summed E-state index contributed by atoms with van der Waals surface area (Å²) in [5.41, 5.74) is 0.957. The molecule has 0 radical (unpaired) electrons. The number of hydrogen-bond acceptors (Lipinski definition) is 10. The number of amides is 4. The highest BCUT2D eigenvalue weighted by molar-refractivity contribution is 7.22. The molecule has 8 rings (SSSR count). The van der Waals surface area contributed by atoms with Gasteiger partial charge in [-0.3, -0.25) is 33.6 Å². The highest BCUT2D eigenvalue weighted by Gasteiger charge is 2.68. The molecule has 6 unspecified atom stereocenters. The Kier molecular flexibility index (Phi) is 8.42. The minimum Gasteiger partial charge on any atom is -0.507 e. The van der Waals surface area contributed by atoms with Crippen molar-refractivity contribution in [2.75, 3.05) is 25.7 Å². The first kappa shape index (κ1) is 35.8. The van der Waals surface area contributed by atoms with Crippen molar-refractivity contribution in [1.82, 2.24) is 14.7 Å². The number of methoxy groups -OCH3 is 2. The van der Waals surface area contributed by atoms with Crippen LogP contribution >= 0.6 is 22.9 Å². The molecule has 0 bridgehead atoms. The molecule has 2 N–H and O–H groups in total. The minimum atomic E-state index is -1.48. The monoisotopic (exact) mass is 772 g/mol. The van der Waals surface area contributed by atoms with Gasteiger partial charge in [-0.05, 0) is 61.8 Å². The Hall–Kier alpha value is -5.21. The average Bonchev–Trinajstić information content (AvgIpc) is 3.80. The van der Waals surface area contributed by atoms with E-state index in [-0.39, 0.29) is 42.3 Å². The first-order chi connectivity index (χ1) is 25.7. The molecule has 4 aromatic rings. The molecule has 2 aliphatic carbocycles. The molecule has 4 heterocycles. The zero-order valence-corrected chi connectivity index (χ0v) is 31.7. The normalized spacial score (nSPS) is 26.3. The van der Waals surface area contributed by atoms with E-state index in [1.165, 1.54) is 36.3 Å². The minimum absolute atomic E-state index is 0.0764. The van der Waals surface area contributed by atoms with E-state index in [9.17, 15) is 29.4 Å². The molecule has 280 valence electrons. The maximum absolute atomic E-state index is 15.1. The Morgan fingerprint density at radius 1 is 1.06 bits per heavy atom. The number of carbonyl (C=O) groups excluding carboxylic acids is 4. The van der Waals surface area contributed by atoms with Gasteiger partial charge >= 0.3 is 5.97 Å². The van der Waals surface area contributed by atoms with Crippen LogP contribution in [0.2, 0.25) is 5.02 Å². The number of phenols is 1. The second-order valence-corrected chi connectivity index (χ2v) is 16.1. The van der Waals surface area contributed by atoms with Gasteiger partial charge < -0.3 is 19.7 Å². The average molecular weight is 773 g/mol. The van der Waals surface area contributed by atoms with E-state index in [1.807, 2.05) is 31.2 Å². The predicted octanol–water partition coefficient (Wildman–Crippen LogP) is 5.69. The number of benzene rings is 2. The van der Waals surface area contributed by atoms with Crippen molar-refractivity contribution in [3.05, 3.63) is 64.2 Å². The van der Waals surface area contributed by atoms with Gasteiger partial charge in [0, 0.05) is 53.0 Å². The highest BCUT2D eigenvalue weighted by Crippen LogP contribution is 2.65. The quantitative estimate of drug-likeness (QED) is 0.168. The van der Waals surface area contributed by atoms with Crippen LogP contribution in [0.4, 0.5) is 5.82 Å². The molecular formula is C39H37ClN4O9S. The number of hydrogen-bond donors (Lipinski definition) is 2. The van der Waals surface area contributed by atoms with Gasteiger partial charge in [-0.2, -0.15) is 5.10 Å². The number of fused-ring (bicyclic) bond motifs is 5. The SMILES string of the molecule is COc1cc(O)c(C2C3=CCC4C(=O)N(CCC(=O)O)C(=O)C4C3CC3C(=O)N(c4cc(-c5sc6ccc(Cl)cc6c5C)nn4C)C(=O)C32C)c(OC)c1. The van der Waals surface area contributed by atoms with Gasteiger partial charge in [0.1, 0.15) is 28.8 Å². The van der Waals surface area contributed by atoms with Crippen molar-refractivity contribution in [3.63, 3.8) is 0 Å². The number of anilines is 1. The summed E-state index contributed by atoms with van der Waals surface area (Å²) < 4.78 is 13.7. The van der Waals surface area contributed by atoms with E-state index in [2.05, 4.69) is 0 Å². The van der Waals surface area contributed by atoms with Crippen LogP contribution in [0.25, 0.3) is 20.7 Å². The van der Waals surface area contributed by atoms with E-state index in [0.29, 0.717) is 22.0 Å². The van der Waals surface area contributed by atoms with Crippen LogP contribution in [0.1, 0.15) is 43.2 Å². The smallest absolute Gasteiger partial charge is 0.305 e. The molecule has 2 saturated heterocycles. The third kappa shape index (κ3) is 5.02. The topological polar surface area (TPSA) is 169 Å². The first-order valence-electron chi connectivity index (χ1n) is 17.5. The zero-order valence-electron chi connectivity index (χ0n) is 30.1. The number of aromatic hydroxyl groups is 1. The Labute approximate surface area is 318 Å². The van der Waals surface area contributed by atoms with Crippen LogP contribution in [-0.4, -0.2) is 75.3 Å². The van der Waals surface area contributed by atoms with Crippen LogP contribution in [0, 0.1) is 36.0 Å². The van der Waals surface area contributed by atoms with Crippen LogP contribution < -0.4 is 14.4 Å². The molecule has 13 nitrogen and oxygen atoms in total. The summed E-state index contributed by atoms with van der Waals surface area (Å²) in [5, 5.41) is 27.3. The van der Waals surface area contributed by atoms with E-state index in [0.717, 1.165) is 30.3 Å². The number of thiophene rings is 1. The number of phenolic OH excluding ortho intramolecular Hbond substituents is 1. The summed E-state index contributed by atoms with van der Waals surface area (Å²) >= 11 is 7.83. The molecule has 2 aliphatic heterocycles. The Morgan fingerprint density at radius 2 is 1.81 bits per heavy atom. The van der Waals surface area contributed by atoms with Gasteiger partial charge in [0.2, 0.25) is 23.6 Å². The number of imide groups is 2. The summed E-state index contributed by atoms with van der Waals surface area (Å²) in [5.74, 6) is -6.76. The van der Waals surface area contributed by atoms with Crippen molar-refractivity contribution in [1.29, 1.82) is 0 Å². The third-order valence-corrected chi connectivity index (χ3v) is 13.5. The number of carboxylic acid groups (broad SMARTS) is 1. The molecule has 1 saturated carbocycles. The summed E-state index contributed by atoms with van der Waals surface area (Å²) in [6.07, 6.45) is 1.70. The molecule has 0 spiro atoms. The van der Waals surface area contributed by atoms with Crippen LogP contribution in [0.15, 0.2) is 48.0 Å². The summed E-state index contributed by atoms with van der Waals surface area (Å²) in [6, 6.07) is 10.4.